The fourth-order valence-electron chi connectivity index (χ4n) is 3.08. The molecule has 3 aromatic rings. The zero-order chi connectivity index (χ0) is 21.7. The predicted octanol–water partition coefficient (Wildman–Crippen LogP) is 4.51. The number of carbonyl (C=O) groups is 2. The van der Waals surface area contributed by atoms with Crippen LogP contribution in [0.25, 0.3) is 11.0 Å². The fourth-order valence-corrected chi connectivity index (χ4v) is 3.21. The molecule has 2 aromatic carbocycles. The first-order chi connectivity index (χ1) is 14.4. The number of benzene rings is 2. The summed E-state index contributed by atoms with van der Waals surface area (Å²) in [5.74, 6) is -0.143. The van der Waals surface area contributed by atoms with Gasteiger partial charge in [0.05, 0.1) is 6.61 Å². The Labute approximate surface area is 178 Å². The minimum Gasteiger partial charge on any atom is -0.485 e. The molecule has 0 saturated heterocycles. The van der Waals surface area contributed by atoms with Crippen LogP contribution in [0.5, 0.6) is 5.75 Å². The van der Waals surface area contributed by atoms with Crippen LogP contribution in [0.3, 0.4) is 0 Å². The molecule has 0 aliphatic rings. The Morgan fingerprint density at radius 3 is 2.53 bits per heavy atom. The van der Waals surface area contributed by atoms with Gasteiger partial charge in [-0.2, -0.15) is 0 Å². The van der Waals surface area contributed by atoms with Gasteiger partial charge in [-0.1, -0.05) is 11.6 Å². The fraction of sp³-hybridized carbons (Fsp3) is 0.261. The second-order valence-corrected chi connectivity index (χ2v) is 7.11. The zero-order valence-corrected chi connectivity index (χ0v) is 17.5. The molecule has 0 fully saturated rings. The van der Waals surface area contributed by atoms with Crippen molar-refractivity contribution in [2.75, 3.05) is 13.2 Å². The Kier molecular flexibility index (Phi) is 6.90. The highest BCUT2D eigenvalue weighted by Crippen LogP contribution is 2.25. The second kappa shape index (κ2) is 9.59. The number of ketones is 1. The van der Waals surface area contributed by atoms with E-state index in [2.05, 4.69) is 0 Å². The molecule has 0 unspecified atom stereocenters. The molecule has 1 aromatic heterocycles. The molecule has 3 rings (SSSR count). The lowest BCUT2D eigenvalue weighted by Gasteiger charge is -2.10. The molecule has 0 aliphatic carbocycles. The van der Waals surface area contributed by atoms with E-state index in [1.54, 1.807) is 49.4 Å². The first kappa shape index (κ1) is 21.6. The van der Waals surface area contributed by atoms with E-state index in [1.807, 2.05) is 6.92 Å². The lowest BCUT2D eigenvalue weighted by molar-refractivity contribution is -0.143. The highest BCUT2D eigenvalue weighted by Gasteiger charge is 2.14. The number of aryl methyl sites for hydroxylation is 1. The highest BCUT2D eigenvalue weighted by molar-refractivity contribution is 6.30. The van der Waals surface area contributed by atoms with E-state index in [0.717, 1.165) is 10.9 Å². The summed E-state index contributed by atoms with van der Waals surface area (Å²) in [6, 6.07) is 11.6. The molecular weight excluding hydrogens is 408 g/mol. The smallest absolute Gasteiger partial charge is 0.339 e. The lowest BCUT2D eigenvalue weighted by Crippen LogP contribution is -2.14. The van der Waals surface area contributed by atoms with Gasteiger partial charge in [-0.15, -0.1) is 0 Å². The maximum atomic E-state index is 12.4. The standard InChI is InChI=1S/C23H21ClO6/c1-3-28-22(26)11-10-19-14(2)18-9-8-17(12-21(18)30-23(19)27)29-13-20(25)15-4-6-16(24)7-5-15/h4-9,12H,3,10-11,13H2,1-2H3. The third-order valence-corrected chi connectivity index (χ3v) is 4.93. The van der Waals surface area contributed by atoms with Gasteiger partial charge < -0.3 is 13.9 Å². The van der Waals surface area contributed by atoms with Crippen LogP contribution in [0.4, 0.5) is 0 Å². The van der Waals surface area contributed by atoms with Crippen molar-refractivity contribution in [2.24, 2.45) is 0 Å². The number of carbonyl (C=O) groups excluding carboxylic acids is 2. The maximum Gasteiger partial charge on any atom is 0.339 e. The van der Waals surface area contributed by atoms with Crippen LogP contribution < -0.4 is 10.4 Å². The normalized spacial score (nSPS) is 10.8. The first-order valence-corrected chi connectivity index (χ1v) is 9.90. The number of ether oxygens (including phenoxy) is 2. The molecule has 30 heavy (non-hydrogen) atoms. The molecule has 0 spiro atoms. The molecule has 0 saturated carbocycles. The Morgan fingerprint density at radius 2 is 1.83 bits per heavy atom. The van der Waals surface area contributed by atoms with E-state index in [1.165, 1.54) is 0 Å². The van der Waals surface area contributed by atoms with Gasteiger partial charge in [-0.05, 0) is 62.2 Å². The minimum atomic E-state index is -0.501. The Bertz CT molecular complexity index is 1130. The van der Waals surface area contributed by atoms with E-state index in [0.29, 0.717) is 34.1 Å². The van der Waals surface area contributed by atoms with Crippen molar-refractivity contribution in [1.82, 2.24) is 0 Å². The summed E-state index contributed by atoms with van der Waals surface area (Å²) in [5.41, 5.74) is 1.54. The molecular formula is C23H21ClO6. The van der Waals surface area contributed by atoms with Crippen LogP contribution in [0, 0.1) is 6.92 Å². The van der Waals surface area contributed by atoms with Gasteiger partial charge in [-0.3, -0.25) is 9.59 Å². The largest absolute Gasteiger partial charge is 0.485 e. The van der Waals surface area contributed by atoms with Gasteiger partial charge in [0, 0.05) is 34.0 Å². The molecule has 0 N–H and O–H groups in total. The molecule has 0 aliphatic heterocycles. The molecule has 7 heteroatoms. The third-order valence-electron chi connectivity index (χ3n) is 4.68. The van der Waals surface area contributed by atoms with E-state index in [-0.39, 0.29) is 31.2 Å². The average Bonchev–Trinajstić information content (AvgIpc) is 2.72. The topological polar surface area (TPSA) is 82.8 Å². The molecule has 0 bridgehead atoms. The van der Waals surface area contributed by atoms with Crippen molar-refractivity contribution in [3.05, 3.63) is 74.6 Å². The summed E-state index contributed by atoms with van der Waals surface area (Å²) in [6.07, 6.45) is 0.357. The summed E-state index contributed by atoms with van der Waals surface area (Å²) in [7, 11) is 0. The zero-order valence-electron chi connectivity index (χ0n) is 16.7. The first-order valence-electron chi connectivity index (χ1n) is 9.52. The maximum absolute atomic E-state index is 12.4. The number of esters is 1. The molecule has 1 heterocycles. The monoisotopic (exact) mass is 428 g/mol. The molecule has 0 atom stereocenters. The summed E-state index contributed by atoms with van der Waals surface area (Å²) in [6.45, 7) is 3.68. The number of hydrogen-bond donors (Lipinski definition) is 0. The van der Waals surface area contributed by atoms with E-state index in [9.17, 15) is 14.4 Å². The van der Waals surface area contributed by atoms with Gasteiger partial charge in [0.2, 0.25) is 0 Å². The van der Waals surface area contributed by atoms with Crippen molar-refractivity contribution in [3.63, 3.8) is 0 Å². The summed E-state index contributed by atoms with van der Waals surface area (Å²) in [4.78, 5) is 36.2. The van der Waals surface area contributed by atoms with E-state index >= 15 is 0 Å². The van der Waals surface area contributed by atoms with Gasteiger partial charge >= 0.3 is 11.6 Å². The Balaban J connectivity index is 1.75. The summed E-state index contributed by atoms with van der Waals surface area (Å²) >= 11 is 5.83. The van der Waals surface area contributed by atoms with Gasteiger partial charge in [0.25, 0.3) is 0 Å². The number of Topliss-reactive ketones (excluding diaryl/α,β-unsaturated/α-hetero) is 1. The van der Waals surface area contributed by atoms with Crippen molar-refractivity contribution >= 4 is 34.3 Å². The SMILES string of the molecule is CCOC(=O)CCc1c(C)c2ccc(OCC(=O)c3ccc(Cl)cc3)cc2oc1=O. The van der Waals surface area contributed by atoms with Crippen LogP contribution in [0.2, 0.25) is 5.02 Å². The Hall–Kier alpha value is -3.12. The number of halogens is 1. The van der Waals surface area contributed by atoms with Crippen molar-refractivity contribution < 1.29 is 23.5 Å². The van der Waals surface area contributed by atoms with Crippen LogP contribution in [0.1, 0.15) is 34.8 Å². The van der Waals surface area contributed by atoms with Crippen LogP contribution >= 0.6 is 11.6 Å². The predicted molar refractivity (Wildman–Crippen MR) is 113 cm³/mol. The highest BCUT2D eigenvalue weighted by atomic mass is 35.5. The van der Waals surface area contributed by atoms with Crippen LogP contribution in [-0.4, -0.2) is 25.0 Å². The number of hydrogen-bond acceptors (Lipinski definition) is 6. The van der Waals surface area contributed by atoms with Crippen molar-refractivity contribution in [2.45, 2.75) is 26.7 Å². The molecule has 0 amide bonds. The number of rotatable bonds is 8. The molecule has 156 valence electrons. The van der Waals surface area contributed by atoms with Gasteiger partial charge in [-0.25, -0.2) is 4.79 Å². The van der Waals surface area contributed by atoms with Crippen LogP contribution in [0.15, 0.2) is 51.7 Å². The second-order valence-electron chi connectivity index (χ2n) is 6.67. The third kappa shape index (κ3) is 5.07. The summed E-state index contributed by atoms with van der Waals surface area (Å²) < 4.78 is 15.9. The lowest BCUT2D eigenvalue weighted by atomic mass is 10.0. The Morgan fingerprint density at radius 1 is 1.10 bits per heavy atom. The average molecular weight is 429 g/mol. The van der Waals surface area contributed by atoms with Crippen LogP contribution in [-0.2, 0) is 16.0 Å². The van der Waals surface area contributed by atoms with Crippen molar-refractivity contribution in [1.29, 1.82) is 0 Å². The van der Waals surface area contributed by atoms with E-state index < -0.39 is 5.63 Å². The molecule has 0 radical (unpaired) electrons. The van der Waals surface area contributed by atoms with Crippen molar-refractivity contribution in [3.8, 4) is 5.75 Å². The minimum absolute atomic E-state index is 0.110. The van der Waals surface area contributed by atoms with Gasteiger partial charge in [0.15, 0.2) is 12.4 Å². The quantitative estimate of drug-likeness (QED) is 0.298. The van der Waals surface area contributed by atoms with E-state index in [4.69, 9.17) is 25.5 Å². The summed E-state index contributed by atoms with van der Waals surface area (Å²) in [5, 5.41) is 1.29. The number of fused-ring (bicyclic) bond motifs is 1. The van der Waals surface area contributed by atoms with Gasteiger partial charge in [0.1, 0.15) is 11.3 Å². The molecule has 6 nitrogen and oxygen atoms in total.